The third kappa shape index (κ3) is 6.42. The fourth-order valence-corrected chi connectivity index (χ4v) is 3.04. The van der Waals surface area contributed by atoms with Crippen molar-refractivity contribution in [3.63, 3.8) is 0 Å². The van der Waals surface area contributed by atoms with Crippen LogP contribution in [-0.2, 0) is 10.0 Å². The smallest absolute Gasteiger partial charge is 0.234 e. The number of halogens is 2. The van der Waals surface area contributed by atoms with Gasteiger partial charge in [-0.2, -0.15) is 0 Å². The van der Waals surface area contributed by atoms with Crippen molar-refractivity contribution in [1.82, 2.24) is 10.6 Å². The van der Waals surface area contributed by atoms with Gasteiger partial charge in [0.1, 0.15) is 5.82 Å². The van der Waals surface area contributed by atoms with Crippen molar-refractivity contribution >= 4 is 45.6 Å². The van der Waals surface area contributed by atoms with Crippen molar-refractivity contribution in [3.05, 3.63) is 29.6 Å². The highest BCUT2D eigenvalue weighted by molar-refractivity contribution is 14.0. The van der Waals surface area contributed by atoms with E-state index in [2.05, 4.69) is 27.3 Å². The summed E-state index contributed by atoms with van der Waals surface area (Å²) in [6, 6.07) is 4.66. The molecule has 136 valence electrons. The molecule has 0 heterocycles. The summed E-state index contributed by atoms with van der Waals surface area (Å²) in [5.41, 5.74) is 0.696. The Labute approximate surface area is 159 Å². The molecule has 0 amide bonds. The van der Waals surface area contributed by atoms with Crippen LogP contribution in [0.1, 0.15) is 18.9 Å². The van der Waals surface area contributed by atoms with E-state index in [0.717, 1.165) is 6.42 Å². The van der Waals surface area contributed by atoms with Crippen molar-refractivity contribution in [2.24, 2.45) is 10.9 Å². The highest BCUT2D eigenvalue weighted by Gasteiger charge is 2.33. The molecule has 1 fully saturated rings. The summed E-state index contributed by atoms with van der Waals surface area (Å²) in [6.07, 6.45) is 1.10. The van der Waals surface area contributed by atoms with Crippen molar-refractivity contribution in [1.29, 1.82) is 0 Å². The zero-order valence-corrected chi connectivity index (χ0v) is 17.1. The Morgan fingerprint density at radius 1 is 1.42 bits per heavy atom. The zero-order valence-electron chi connectivity index (χ0n) is 14.0. The molecule has 1 aliphatic carbocycles. The van der Waals surface area contributed by atoms with Crippen LogP contribution >= 0.6 is 24.0 Å². The summed E-state index contributed by atoms with van der Waals surface area (Å²) < 4.78 is 39.9. The van der Waals surface area contributed by atoms with Gasteiger partial charge in [0.2, 0.25) is 10.0 Å². The van der Waals surface area contributed by atoms with E-state index in [9.17, 15) is 12.8 Å². The lowest BCUT2D eigenvalue weighted by atomic mass is 10.2. The first kappa shape index (κ1) is 20.9. The maximum atomic E-state index is 13.4. The minimum absolute atomic E-state index is 0. The van der Waals surface area contributed by atoms with Gasteiger partial charge in [0.15, 0.2) is 5.96 Å². The summed E-state index contributed by atoms with van der Waals surface area (Å²) in [7, 11) is -1.91. The molecule has 2 unspecified atom stereocenters. The van der Waals surface area contributed by atoms with Crippen LogP contribution in [0.2, 0.25) is 0 Å². The number of sulfonamides is 1. The highest BCUT2D eigenvalue weighted by Crippen LogP contribution is 2.28. The Kier molecular flexibility index (Phi) is 7.71. The summed E-state index contributed by atoms with van der Waals surface area (Å²) >= 11 is 0. The molecule has 0 saturated heterocycles. The van der Waals surface area contributed by atoms with E-state index in [1.54, 1.807) is 20.0 Å². The van der Waals surface area contributed by atoms with Gasteiger partial charge in [-0.15, -0.1) is 24.0 Å². The van der Waals surface area contributed by atoms with Gasteiger partial charge in [0.05, 0.1) is 11.4 Å². The molecule has 1 aromatic carbocycles. The molecule has 1 aromatic rings. The summed E-state index contributed by atoms with van der Waals surface area (Å²) in [4.78, 5) is 4.06. The number of hydrogen-bond donors (Lipinski definition) is 3. The average molecular weight is 470 g/mol. The Bertz CT molecular complexity index is 697. The van der Waals surface area contributed by atoms with E-state index in [0.29, 0.717) is 23.5 Å². The predicted octanol–water partition coefficient (Wildman–Crippen LogP) is 2.07. The first-order valence-corrected chi connectivity index (χ1v) is 9.20. The lowest BCUT2D eigenvalue weighted by Crippen LogP contribution is -2.41. The minimum Gasteiger partial charge on any atom is -0.355 e. The molecule has 1 saturated carbocycles. The number of aliphatic imine (C=N–C) groups is 1. The van der Waals surface area contributed by atoms with Gasteiger partial charge in [-0.3, -0.25) is 9.71 Å². The van der Waals surface area contributed by atoms with Crippen molar-refractivity contribution in [3.8, 4) is 0 Å². The van der Waals surface area contributed by atoms with Gasteiger partial charge in [0.25, 0.3) is 0 Å². The molecule has 0 aliphatic heterocycles. The number of nitrogens with zero attached hydrogens (tertiary/aromatic N) is 1. The van der Waals surface area contributed by atoms with Crippen molar-refractivity contribution < 1.29 is 12.8 Å². The molecular weight excluding hydrogens is 446 g/mol. The molecule has 24 heavy (non-hydrogen) atoms. The van der Waals surface area contributed by atoms with Crippen LogP contribution in [-0.4, -0.2) is 39.8 Å². The monoisotopic (exact) mass is 470 g/mol. The normalized spacial score (nSPS) is 20.1. The minimum atomic E-state index is -3.55. The number of anilines is 1. The quantitative estimate of drug-likeness (QED) is 0.338. The molecule has 2 atom stereocenters. The first-order valence-electron chi connectivity index (χ1n) is 7.54. The molecule has 0 spiro atoms. The number of aryl methyl sites for hydroxylation is 1. The van der Waals surface area contributed by atoms with Crippen LogP contribution < -0.4 is 15.4 Å². The predicted molar refractivity (Wildman–Crippen MR) is 106 cm³/mol. The SMILES string of the molecule is CN=C(NCCS(=O)(=O)Nc1ccc(C)c(F)c1)NC1CC1C.I. The van der Waals surface area contributed by atoms with E-state index in [4.69, 9.17) is 0 Å². The average Bonchev–Trinajstić information content (AvgIpc) is 3.16. The second-order valence-electron chi connectivity index (χ2n) is 5.85. The Morgan fingerprint density at radius 2 is 2.08 bits per heavy atom. The third-order valence-corrected chi connectivity index (χ3v) is 5.05. The molecule has 0 radical (unpaired) electrons. The third-order valence-electron chi connectivity index (χ3n) is 3.76. The second kappa shape index (κ2) is 8.84. The molecule has 2 rings (SSSR count). The molecule has 1 aliphatic rings. The maximum absolute atomic E-state index is 13.4. The van der Waals surface area contributed by atoms with E-state index in [-0.39, 0.29) is 42.0 Å². The lowest BCUT2D eigenvalue weighted by Gasteiger charge is -2.12. The fourth-order valence-electron chi connectivity index (χ4n) is 2.08. The van der Waals surface area contributed by atoms with Crippen LogP contribution in [0.4, 0.5) is 10.1 Å². The van der Waals surface area contributed by atoms with Crippen LogP contribution in [0.3, 0.4) is 0 Å². The van der Waals surface area contributed by atoms with Gasteiger partial charge in [-0.25, -0.2) is 12.8 Å². The first-order chi connectivity index (χ1) is 10.8. The Hall–Kier alpha value is -1.10. The number of rotatable bonds is 6. The second-order valence-corrected chi connectivity index (χ2v) is 7.69. The molecule has 0 aromatic heterocycles. The molecule has 9 heteroatoms. The molecule has 3 N–H and O–H groups in total. The lowest BCUT2D eigenvalue weighted by molar-refractivity contribution is 0.599. The van der Waals surface area contributed by atoms with Crippen LogP contribution in [0.15, 0.2) is 23.2 Å². The Balaban J connectivity index is 0.00000288. The molecule has 6 nitrogen and oxygen atoms in total. The van der Waals surface area contributed by atoms with Gasteiger partial charge in [-0.1, -0.05) is 13.0 Å². The summed E-state index contributed by atoms with van der Waals surface area (Å²) in [6.45, 7) is 3.97. The van der Waals surface area contributed by atoms with E-state index < -0.39 is 15.8 Å². The van der Waals surface area contributed by atoms with Crippen molar-refractivity contribution in [2.75, 3.05) is 24.1 Å². The molecule has 0 bridgehead atoms. The number of benzene rings is 1. The fraction of sp³-hybridized carbons (Fsp3) is 0.533. The summed E-state index contributed by atoms with van der Waals surface area (Å²) in [5.74, 6) is 0.640. The number of hydrogen-bond acceptors (Lipinski definition) is 3. The molecular formula is C15H24FIN4O2S. The summed E-state index contributed by atoms with van der Waals surface area (Å²) in [5, 5.41) is 6.18. The van der Waals surface area contributed by atoms with Crippen LogP contribution in [0.25, 0.3) is 0 Å². The van der Waals surface area contributed by atoms with E-state index in [1.165, 1.54) is 12.1 Å². The Morgan fingerprint density at radius 3 is 2.62 bits per heavy atom. The largest absolute Gasteiger partial charge is 0.355 e. The van der Waals surface area contributed by atoms with Gasteiger partial charge < -0.3 is 10.6 Å². The standard InChI is InChI=1S/C15H23FN4O2S.HI/c1-10-4-5-12(9-13(10)16)20-23(21,22)7-6-18-15(17-3)19-14-8-11(14)2;/h4-5,9,11,14,20H,6-8H2,1-3H3,(H2,17,18,19);1H. The van der Waals surface area contributed by atoms with Crippen molar-refractivity contribution in [2.45, 2.75) is 26.3 Å². The van der Waals surface area contributed by atoms with Crippen LogP contribution in [0, 0.1) is 18.7 Å². The highest BCUT2D eigenvalue weighted by atomic mass is 127. The topological polar surface area (TPSA) is 82.6 Å². The maximum Gasteiger partial charge on any atom is 0.234 e. The number of nitrogens with one attached hydrogen (secondary N) is 3. The van der Waals surface area contributed by atoms with Gasteiger partial charge in [-0.05, 0) is 37.0 Å². The van der Waals surface area contributed by atoms with E-state index in [1.807, 2.05) is 0 Å². The number of guanidine groups is 1. The van der Waals surface area contributed by atoms with Crippen LogP contribution in [0.5, 0.6) is 0 Å². The van der Waals surface area contributed by atoms with Gasteiger partial charge in [0, 0.05) is 19.6 Å². The zero-order chi connectivity index (χ0) is 17.0. The van der Waals surface area contributed by atoms with E-state index >= 15 is 0 Å². The van der Waals surface area contributed by atoms with Gasteiger partial charge >= 0.3 is 0 Å².